The zero-order valence-electron chi connectivity index (χ0n) is 36.6. The van der Waals surface area contributed by atoms with E-state index in [1.165, 1.54) is 6.08 Å². The fourth-order valence-corrected chi connectivity index (χ4v) is 8.22. The summed E-state index contributed by atoms with van der Waals surface area (Å²) in [6, 6.07) is 20.4. The number of benzene rings is 3. The molecular formula is C49H54N2O13. The van der Waals surface area contributed by atoms with Gasteiger partial charge in [-0.25, -0.2) is 14.4 Å². The van der Waals surface area contributed by atoms with E-state index >= 15 is 0 Å². The van der Waals surface area contributed by atoms with Crippen LogP contribution >= 0.6 is 0 Å². The van der Waals surface area contributed by atoms with Crippen LogP contribution in [0.3, 0.4) is 0 Å². The maximum Gasteiger partial charge on any atom is 0.348 e. The van der Waals surface area contributed by atoms with Gasteiger partial charge in [-0.1, -0.05) is 68.4 Å². The van der Waals surface area contributed by atoms with Gasteiger partial charge in [0.05, 0.1) is 18.2 Å². The Morgan fingerprint density at radius 2 is 1.64 bits per heavy atom. The summed E-state index contributed by atoms with van der Waals surface area (Å²) in [5.41, 5.74) is 2.53. The summed E-state index contributed by atoms with van der Waals surface area (Å²) in [4.78, 5) is 78.3. The van der Waals surface area contributed by atoms with E-state index in [1.807, 2.05) is 24.3 Å². The normalized spacial score (nSPS) is 22.2. The summed E-state index contributed by atoms with van der Waals surface area (Å²) < 4.78 is 35.2. The van der Waals surface area contributed by atoms with Crippen molar-refractivity contribution in [2.24, 2.45) is 5.41 Å². The largest absolute Gasteiger partial charge is 0.462 e. The molecule has 2 aliphatic carbocycles. The van der Waals surface area contributed by atoms with E-state index in [2.05, 4.69) is 10.6 Å². The van der Waals surface area contributed by atoms with Crippen LogP contribution in [-0.4, -0.2) is 95.9 Å². The Hall–Kier alpha value is -6.16. The molecule has 5 atom stereocenters. The first kappa shape index (κ1) is 45.9. The van der Waals surface area contributed by atoms with Crippen LogP contribution in [0.2, 0.25) is 0 Å². The van der Waals surface area contributed by atoms with Crippen LogP contribution in [0.25, 0.3) is 6.08 Å². The Balaban J connectivity index is 1.03. The Morgan fingerprint density at radius 1 is 0.922 bits per heavy atom. The first-order valence-electron chi connectivity index (χ1n) is 21.4. The van der Waals surface area contributed by atoms with Crippen LogP contribution in [0, 0.1) is 5.41 Å². The van der Waals surface area contributed by atoms with Crippen molar-refractivity contribution in [2.75, 3.05) is 13.2 Å². The van der Waals surface area contributed by atoms with Gasteiger partial charge in [0, 0.05) is 54.9 Å². The van der Waals surface area contributed by atoms with E-state index in [1.54, 1.807) is 89.2 Å². The highest BCUT2D eigenvalue weighted by molar-refractivity contribution is 5.97. The van der Waals surface area contributed by atoms with Gasteiger partial charge in [-0.15, -0.1) is 0 Å². The molecule has 4 aliphatic rings. The predicted octanol–water partition coefficient (Wildman–Crippen LogP) is 4.86. The number of carbonyl (C=O) groups excluding carboxylic acids is 6. The van der Waals surface area contributed by atoms with Crippen LogP contribution in [0.1, 0.15) is 96.9 Å². The molecule has 0 saturated carbocycles. The van der Waals surface area contributed by atoms with E-state index in [9.17, 15) is 33.9 Å². The molecule has 338 valence electrons. The zero-order chi connectivity index (χ0) is 45.8. The topological polar surface area (TPSA) is 202 Å². The van der Waals surface area contributed by atoms with Gasteiger partial charge in [0.2, 0.25) is 12.0 Å². The van der Waals surface area contributed by atoms with Crippen molar-refractivity contribution in [1.82, 2.24) is 10.6 Å². The molecule has 15 nitrogen and oxygen atoms in total. The summed E-state index contributed by atoms with van der Waals surface area (Å²) in [5.74, 6) is -4.49. The molecule has 2 amide bonds. The maximum atomic E-state index is 14.0. The average Bonchev–Trinajstić information content (AvgIpc) is 3.89. The number of nitrogens with one attached hydrogen (secondary N) is 2. The van der Waals surface area contributed by atoms with E-state index in [-0.39, 0.29) is 44.6 Å². The number of carbonyl (C=O) groups is 6. The number of amides is 2. The lowest BCUT2D eigenvalue weighted by Gasteiger charge is -2.30. The molecule has 0 aromatic heterocycles. The van der Waals surface area contributed by atoms with Gasteiger partial charge in [0.15, 0.2) is 5.79 Å². The fraction of sp³-hybridized carbons (Fsp3) is 0.429. The highest BCUT2D eigenvalue weighted by atomic mass is 16.8. The molecule has 3 aromatic carbocycles. The number of esters is 4. The van der Waals surface area contributed by atoms with Crippen molar-refractivity contribution in [3.63, 3.8) is 0 Å². The van der Waals surface area contributed by atoms with Gasteiger partial charge >= 0.3 is 23.9 Å². The van der Waals surface area contributed by atoms with Crippen molar-refractivity contribution < 1.29 is 62.3 Å². The zero-order valence-corrected chi connectivity index (χ0v) is 36.6. The Kier molecular flexibility index (Phi) is 13.5. The third kappa shape index (κ3) is 11.0. The second-order valence-electron chi connectivity index (χ2n) is 18.2. The minimum atomic E-state index is -1.07. The maximum absolute atomic E-state index is 14.0. The van der Waals surface area contributed by atoms with E-state index in [4.69, 9.17) is 28.4 Å². The van der Waals surface area contributed by atoms with Gasteiger partial charge in [0.25, 0.3) is 5.91 Å². The lowest BCUT2D eigenvalue weighted by molar-refractivity contribution is -0.172. The van der Waals surface area contributed by atoms with Crippen LogP contribution in [0.15, 0.2) is 90.5 Å². The number of cyclic esters (lactones) is 1. The van der Waals surface area contributed by atoms with Gasteiger partial charge in [-0.3, -0.25) is 14.4 Å². The van der Waals surface area contributed by atoms with Gasteiger partial charge in [0.1, 0.15) is 30.5 Å². The van der Waals surface area contributed by atoms with Crippen LogP contribution in [0.4, 0.5) is 0 Å². The monoisotopic (exact) mass is 878 g/mol. The molecule has 3 N–H and O–H groups in total. The Labute approximate surface area is 371 Å². The Bertz CT molecular complexity index is 2340. The summed E-state index contributed by atoms with van der Waals surface area (Å²) in [5, 5.41) is 15.6. The molecule has 2 fully saturated rings. The molecule has 1 spiro atoms. The van der Waals surface area contributed by atoms with E-state index in [0.29, 0.717) is 35.1 Å². The number of aliphatic hydroxyl groups excluding tert-OH is 1. The first-order valence-corrected chi connectivity index (χ1v) is 21.4. The minimum absolute atomic E-state index is 0.00295. The number of ether oxygens (including phenoxy) is 6. The summed E-state index contributed by atoms with van der Waals surface area (Å²) in [6.07, 6.45) is 1.88. The third-order valence-electron chi connectivity index (χ3n) is 11.4. The molecule has 2 saturated heterocycles. The number of rotatable bonds is 14. The average molecular weight is 879 g/mol. The molecular weight excluding hydrogens is 825 g/mol. The van der Waals surface area contributed by atoms with E-state index in [0.717, 1.165) is 17.2 Å². The molecule has 0 radical (unpaired) electrons. The van der Waals surface area contributed by atoms with Crippen LogP contribution < -0.4 is 10.6 Å². The highest BCUT2D eigenvalue weighted by Gasteiger charge is 2.55. The lowest BCUT2D eigenvalue weighted by Crippen LogP contribution is -2.43. The van der Waals surface area contributed by atoms with Crippen molar-refractivity contribution in [2.45, 2.75) is 115 Å². The molecule has 0 bridgehead atoms. The van der Waals surface area contributed by atoms with Gasteiger partial charge < -0.3 is 44.2 Å². The second-order valence-corrected chi connectivity index (χ2v) is 18.2. The molecule has 3 aromatic rings. The number of fused-ring (bicyclic) bond motifs is 2. The molecule has 64 heavy (non-hydrogen) atoms. The molecule has 5 unspecified atom stereocenters. The Morgan fingerprint density at radius 3 is 2.33 bits per heavy atom. The standard InChI is InChI=1S/C49H54N2O13/c1-47(2,3)63-40(54)20-18-35(27-52)51-44(56)31-15-10-11-29(21-31)26-50-43(55)34-22-37(41-38(23-34)62-49(64-41)24-32-13-6-7-14-33(32)25-49)60-45(57)36-16-9-8-12-30(36)17-19-39(53)61-42-46(58)59-28-48(42,4)5/h6-17,19,21,23,35,37-38,41-42,52H,18,20,22,24-28H2,1-5H3,(H,50,55)(H,51,56). The van der Waals surface area contributed by atoms with E-state index < -0.39 is 83.0 Å². The van der Waals surface area contributed by atoms with Crippen molar-refractivity contribution in [3.8, 4) is 0 Å². The fourth-order valence-electron chi connectivity index (χ4n) is 8.22. The quantitative estimate of drug-likeness (QED) is 0.113. The van der Waals surface area contributed by atoms with Crippen molar-refractivity contribution in [1.29, 1.82) is 0 Å². The first-order chi connectivity index (χ1) is 30.4. The minimum Gasteiger partial charge on any atom is -0.462 e. The smallest absolute Gasteiger partial charge is 0.348 e. The molecule has 15 heteroatoms. The van der Waals surface area contributed by atoms with Gasteiger partial charge in [-0.05, 0) is 79.8 Å². The summed E-state index contributed by atoms with van der Waals surface area (Å²) >= 11 is 0. The number of hydrogen-bond donors (Lipinski definition) is 3. The molecule has 2 heterocycles. The van der Waals surface area contributed by atoms with Gasteiger partial charge in [-0.2, -0.15) is 0 Å². The van der Waals surface area contributed by atoms with Crippen molar-refractivity contribution >= 4 is 41.8 Å². The lowest BCUT2D eigenvalue weighted by atomic mass is 9.90. The number of aliphatic hydroxyl groups is 1. The molecule has 7 rings (SSSR count). The van der Waals surface area contributed by atoms with Crippen LogP contribution in [0.5, 0.6) is 0 Å². The third-order valence-corrected chi connectivity index (χ3v) is 11.4. The predicted molar refractivity (Wildman–Crippen MR) is 230 cm³/mol. The second kappa shape index (κ2) is 18.9. The van der Waals surface area contributed by atoms with Crippen LogP contribution in [-0.2, 0) is 67.0 Å². The highest BCUT2D eigenvalue weighted by Crippen LogP contribution is 2.45. The summed E-state index contributed by atoms with van der Waals surface area (Å²) in [7, 11) is 0. The van der Waals surface area contributed by atoms with Crippen molar-refractivity contribution in [3.05, 3.63) is 124 Å². The number of hydrogen-bond acceptors (Lipinski definition) is 13. The summed E-state index contributed by atoms with van der Waals surface area (Å²) in [6.45, 7) is 8.60. The SMILES string of the molecule is CC(C)(C)OC(=O)CCC(CO)NC(=O)c1cccc(CNC(=O)C2=CC3OC4(Cc5ccccc5C4)OC3C(OC(=O)c3ccccc3C=CC(=O)OC3C(=O)OCC3(C)C)C2)c1. The molecule has 2 aliphatic heterocycles.